The number of unbranched alkanes of at least 4 members (excludes halogenated alkanes) is 3. The van der Waals surface area contributed by atoms with Gasteiger partial charge in [0.2, 0.25) is 5.91 Å². The maximum atomic E-state index is 11.8. The molecule has 1 atom stereocenters. The number of hydrogen-bond donors (Lipinski definition) is 3. The van der Waals surface area contributed by atoms with Crippen molar-refractivity contribution in [1.82, 2.24) is 10.0 Å². The molecule has 0 aliphatic carbocycles. The molecule has 0 saturated heterocycles. The van der Waals surface area contributed by atoms with E-state index in [2.05, 4.69) is 17.0 Å². The highest BCUT2D eigenvalue weighted by Gasteiger charge is 2.22. The van der Waals surface area contributed by atoms with Gasteiger partial charge < -0.3 is 10.4 Å². The summed E-state index contributed by atoms with van der Waals surface area (Å²) in [5, 5.41) is 22.9. The summed E-state index contributed by atoms with van der Waals surface area (Å²) in [6, 6.07) is 4.87. The number of aliphatic carboxylic acids is 1. The lowest BCUT2D eigenvalue weighted by Crippen LogP contribution is -2.38. The van der Waals surface area contributed by atoms with Gasteiger partial charge in [-0.3, -0.25) is 19.7 Å². The molecular weight excluding hydrogens is 346 g/mol. The molecule has 1 aromatic carbocycles. The van der Waals surface area contributed by atoms with Crippen molar-refractivity contribution in [1.29, 1.82) is 0 Å². The summed E-state index contributed by atoms with van der Waals surface area (Å²) in [5.74, 6) is -1.55. The Morgan fingerprint density at radius 1 is 1.28 bits per heavy atom. The minimum absolute atomic E-state index is 0.121. The van der Waals surface area contributed by atoms with Crippen molar-refractivity contribution in [3.05, 3.63) is 34.4 Å². The average molecular weight is 369 g/mol. The van der Waals surface area contributed by atoms with Crippen LogP contribution in [0.3, 0.4) is 0 Å². The van der Waals surface area contributed by atoms with Crippen molar-refractivity contribution in [2.75, 3.05) is 6.54 Å². The summed E-state index contributed by atoms with van der Waals surface area (Å²) in [6.07, 6.45) is 3.83. The number of rotatable bonds is 12. The van der Waals surface area contributed by atoms with Crippen molar-refractivity contribution < 1.29 is 19.6 Å². The first-order valence-electron chi connectivity index (χ1n) is 8.11. The third-order valence-electron chi connectivity index (χ3n) is 3.41. The number of amides is 1. The third kappa shape index (κ3) is 7.99. The number of carbonyl (C=O) groups is 2. The molecule has 1 amide bonds. The highest BCUT2D eigenvalue weighted by molar-refractivity contribution is 7.97. The molecule has 0 spiro atoms. The fourth-order valence-electron chi connectivity index (χ4n) is 2.05. The molecule has 0 heterocycles. The first kappa shape index (κ1) is 20.9. The predicted molar refractivity (Wildman–Crippen MR) is 95.3 cm³/mol. The highest BCUT2D eigenvalue weighted by atomic mass is 32.2. The Morgan fingerprint density at radius 2 is 2.00 bits per heavy atom. The van der Waals surface area contributed by atoms with Crippen LogP contribution in [-0.2, 0) is 9.59 Å². The first-order valence-corrected chi connectivity index (χ1v) is 8.92. The molecule has 1 unspecified atom stereocenters. The molecule has 25 heavy (non-hydrogen) atoms. The second kappa shape index (κ2) is 11.4. The predicted octanol–water partition coefficient (Wildman–Crippen LogP) is 2.73. The van der Waals surface area contributed by atoms with Gasteiger partial charge in [-0.25, -0.2) is 4.72 Å². The highest BCUT2D eigenvalue weighted by Crippen LogP contribution is 2.27. The zero-order valence-corrected chi connectivity index (χ0v) is 14.9. The molecule has 0 saturated carbocycles. The lowest BCUT2D eigenvalue weighted by molar-refractivity contribution is -0.387. The molecule has 0 aliphatic rings. The zero-order chi connectivity index (χ0) is 18.7. The lowest BCUT2D eigenvalue weighted by atomic mass is 10.2. The maximum Gasteiger partial charge on any atom is 0.322 e. The largest absolute Gasteiger partial charge is 0.480 e. The number of nitrogens with one attached hydrogen (secondary N) is 2. The van der Waals surface area contributed by atoms with E-state index in [1.807, 2.05) is 0 Å². The minimum Gasteiger partial charge on any atom is -0.480 e. The SMILES string of the molecule is CCCCCCNC(=O)CC(NSc1ccccc1[N+](=O)[O-])C(=O)O. The van der Waals surface area contributed by atoms with Crippen LogP contribution in [0.5, 0.6) is 0 Å². The molecule has 9 heteroatoms. The van der Waals surface area contributed by atoms with Gasteiger partial charge in [0.25, 0.3) is 5.69 Å². The van der Waals surface area contributed by atoms with Crippen molar-refractivity contribution in [2.24, 2.45) is 0 Å². The molecule has 0 radical (unpaired) electrons. The van der Waals surface area contributed by atoms with E-state index < -0.39 is 16.9 Å². The molecule has 3 N–H and O–H groups in total. The van der Waals surface area contributed by atoms with Gasteiger partial charge in [0.1, 0.15) is 10.9 Å². The summed E-state index contributed by atoms with van der Waals surface area (Å²) in [4.78, 5) is 33.9. The summed E-state index contributed by atoms with van der Waals surface area (Å²) in [6.45, 7) is 2.61. The van der Waals surface area contributed by atoms with Crippen LogP contribution in [0.4, 0.5) is 5.69 Å². The molecule has 1 rings (SSSR count). The average Bonchev–Trinajstić information content (AvgIpc) is 2.58. The topological polar surface area (TPSA) is 122 Å². The van der Waals surface area contributed by atoms with Gasteiger partial charge in [-0.15, -0.1) is 0 Å². The number of carboxylic acid groups (broad SMARTS) is 1. The fraction of sp³-hybridized carbons (Fsp3) is 0.500. The number of carbonyl (C=O) groups excluding carboxylic acids is 1. The number of nitro benzene ring substituents is 1. The summed E-state index contributed by atoms with van der Waals surface area (Å²) >= 11 is 0.836. The molecule has 138 valence electrons. The Bertz CT molecular complexity index is 597. The monoisotopic (exact) mass is 369 g/mol. The summed E-state index contributed by atoms with van der Waals surface area (Å²) in [7, 11) is 0. The van der Waals surface area contributed by atoms with Gasteiger partial charge in [-0.2, -0.15) is 0 Å². The molecular formula is C16H23N3O5S. The van der Waals surface area contributed by atoms with Gasteiger partial charge in [0.15, 0.2) is 0 Å². The van der Waals surface area contributed by atoms with Crippen LogP contribution in [0, 0.1) is 10.1 Å². The van der Waals surface area contributed by atoms with E-state index in [1.54, 1.807) is 6.07 Å². The number of carboxylic acids is 1. The Morgan fingerprint density at radius 3 is 2.64 bits per heavy atom. The maximum absolute atomic E-state index is 11.8. The molecule has 0 bridgehead atoms. The Labute approximate surface area is 150 Å². The zero-order valence-electron chi connectivity index (χ0n) is 14.1. The number of nitro groups is 1. The number of hydrogen-bond acceptors (Lipinski definition) is 6. The molecule has 0 aliphatic heterocycles. The van der Waals surface area contributed by atoms with Crippen LogP contribution in [0.1, 0.15) is 39.0 Å². The van der Waals surface area contributed by atoms with Crippen LogP contribution < -0.4 is 10.0 Å². The summed E-state index contributed by atoms with van der Waals surface area (Å²) < 4.78 is 2.62. The normalized spacial score (nSPS) is 11.7. The lowest BCUT2D eigenvalue weighted by Gasteiger charge is -2.13. The quantitative estimate of drug-likeness (QED) is 0.224. The van der Waals surface area contributed by atoms with Crippen LogP contribution in [0.15, 0.2) is 29.2 Å². The summed E-state index contributed by atoms with van der Waals surface area (Å²) in [5.41, 5.74) is -0.121. The molecule has 1 aromatic rings. The van der Waals surface area contributed by atoms with E-state index in [-0.39, 0.29) is 18.0 Å². The van der Waals surface area contributed by atoms with Crippen LogP contribution in [0.25, 0.3) is 0 Å². The Balaban J connectivity index is 2.51. The van der Waals surface area contributed by atoms with Gasteiger partial charge in [-0.05, 0) is 24.4 Å². The number of nitrogens with zero attached hydrogens (tertiary/aromatic N) is 1. The molecule has 0 aromatic heterocycles. The van der Waals surface area contributed by atoms with Crippen molar-refractivity contribution in [2.45, 2.75) is 50.0 Å². The van der Waals surface area contributed by atoms with Crippen LogP contribution >= 0.6 is 11.9 Å². The van der Waals surface area contributed by atoms with E-state index >= 15 is 0 Å². The molecule has 8 nitrogen and oxygen atoms in total. The van der Waals surface area contributed by atoms with Crippen molar-refractivity contribution in [3.8, 4) is 0 Å². The van der Waals surface area contributed by atoms with Gasteiger partial charge in [-0.1, -0.05) is 38.3 Å². The second-order valence-corrected chi connectivity index (χ2v) is 6.33. The second-order valence-electron chi connectivity index (χ2n) is 5.45. The standard InChI is InChI=1S/C16H23N3O5S/c1-2-3-4-7-10-17-15(20)11-12(16(21)22)18-25-14-9-6-5-8-13(14)19(23)24/h5-6,8-9,12,18H,2-4,7,10-11H2,1H3,(H,17,20)(H,21,22). The van der Waals surface area contributed by atoms with Crippen molar-refractivity contribution in [3.63, 3.8) is 0 Å². The third-order valence-corrected chi connectivity index (χ3v) is 4.38. The van der Waals surface area contributed by atoms with Gasteiger partial charge >= 0.3 is 5.97 Å². The van der Waals surface area contributed by atoms with E-state index in [1.165, 1.54) is 18.2 Å². The van der Waals surface area contributed by atoms with E-state index in [0.29, 0.717) is 11.4 Å². The van der Waals surface area contributed by atoms with E-state index in [0.717, 1.165) is 37.6 Å². The Kier molecular flexibility index (Phi) is 9.56. The van der Waals surface area contributed by atoms with Crippen molar-refractivity contribution >= 4 is 29.5 Å². The smallest absolute Gasteiger partial charge is 0.322 e. The van der Waals surface area contributed by atoms with Crippen LogP contribution in [0.2, 0.25) is 0 Å². The molecule has 0 fully saturated rings. The first-order chi connectivity index (χ1) is 12.0. The minimum atomic E-state index is -1.19. The van der Waals surface area contributed by atoms with Gasteiger partial charge in [0.05, 0.1) is 11.3 Å². The fourth-order valence-corrected chi connectivity index (χ4v) is 2.89. The van der Waals surface area contributed by atoms with Crippen LogP contribution in [-0.4, -0.2) is 34.5 Å². The van der Waals surface area contributed by atoms with E-state index in [9.17, 15) is 24.8 Å². The number of benzene rings is 1. The number of para-hydroxylation sites is 1. The van der Waals surface area contributed by atoms with Gasteiger partial charge in [0, 0.05) is 12.6 Å². The Hall–Kier alpha value is -2.13. The van der Waals surface area contributed by atoms with E-state index in [4.69, 9.17) is 0 Å².